The normalized spacial score (nSPS) is 11.2. The fraction of sp³-hybridized carbons (Fsp3) is 0.462. The van der Waals surface area contributed by atoms with Gasteiger partial charge in [-0.2, -0.15) is 0 Å². The number of fused-ring (bicyclic) bond motifs is 1. The predicted molar refractivity (Wildman–Crippen MR) is 68.6 cm³/mol. The van der Waals surface area contributed by atoms with E-state index in [-0.39, 0.29) is 0 Å². The lowest BCUT2D eigenvalue weighted by molar-refractivity contribution is 0.114. The van der Waals surface area contributed by atoms with Crippen molar-refractivity contribution in [1.82, 2.24) is 9.55 Å². The van der Waals surface area contributed by atoms with Crippen molar-refractivity contribution in [2.75, 3.05) is 6.61 Å². The van der Waals surface area contributed by atoms with Crippen molar-refractivity contribution in [2.24, 2.45) is 12.8 Å². The number of ether oxygens (including phenoxy) is 1. The highest BCUT2D eigenvalue weighted by Crippen LogP contribution is 2.17. The Hall–Kier alpha value is -1.39. The monoisotopic (exact) mass is 233 g/mol. The Morgan fingerprint density at radius 1 is 1.41 bits per heavy atom. The summed E-state index contributed by atoms with van der Waals surface area (Å²) in [4.78, 5) is 4.58. The van der Waals surface area contributed by atoms with Crippen LogP contribution < -0.4 is 5.73 Å². The van der Waals surface area contributed by atoms with Crippen molar-refractivity contribution in [3.63, 3.8) is 0 Å². The standard InChI is InChI=1S/C13H19N3O/c1-3-6-17-9-13-15-11-7-10(8-14)4-5-12(11)16(13)2/h4-5,7H,3,6,8-9,14H2,1-2H3. The van der Waals surface area contributed by atoms with Crippen LogP contribution in [0.1, 0.15) is 24.7 Å². The zero-order chi connectivity index (χ0) is 12.3. The van der Waals surface area contributed by atoms with Crippen LogP contribution in [0.25, 0.3) is 11.0 Å². The van der Waals surface area contributed by atoms with Gasteiger partial charge in [-0.05, 0) is 24.1 Å². The minimum atomic E-state index is 0.550. The van der Waals surface area contributed by atoms with Crippen molar-refractivity contribution in [3.05, 3.63) is 29.6 Å². The van der Waals surface area contributed by atoms with E-state index in [2.05, 4.69) is 22.5 Å². The van der Waals surface area contributed by atoms with E-state index < -0.39 is 0 Å². The number of hydrogen-bond donors (Lipinski definition) is 1. The Bertz CT molecular complexity index is 505. The van der Waals surface area contributed by atoms with E-state index in [4.69, 9.17) is 10.5 Å². The highest BCUT2D eigenvalue weighted by atomic mass is 16.5. The highest BCUT2D eigenvalue weighted by Gasteiger charge is 2.07. The summed E-state index contributed by atoms with van der Waals surface area (Å²) in [6.07, 6.45) is 1.03. The minimum Gasteiger partial charge on any atom is -0.374 e. The molecule has 0 saturated carbocycles. The molecule has 1 aromatic carbocycles. The van der Waals surface area contributed by atoms with Crippen molar-refractivity contribution in [3.8, 4) is 0 Å². The van der Waals surface area contributed by atoms with Crippen LogP contribution in [0.15, 0.2) is 18.2 Å². The molecule has 4 heteroatoms. The Labute approximate surface area is 101 Å². The first-order valence-electron chi connectivity index (χ1n) is 5.98. The van der Waals surface area contributed by atoms with Gasteiger partial charge in [0.2, 0.25) is 0 Å². The summed E-state index contributed by atoms with van der Waals surface area (Å²) in [6.45, 7) is 3.99. The predicted octanol–water partition coefficient (Wildman–Crippen LogP) is 1.96. The average molecular weight is 233 g/mol. The van der Waals surface area contributed by atoms with Gasteiger partial charge in [0.15, 0.2) is 0 Å². The lowest BCUT2D eigenvalue weighted by Crippen LogP contribution is -2.01. The first kappa shape index (κ1) is 12.1. The molecular formula is C13H19N3O. The first-order chi connectivity index (χ1) is 8.26. The number of nitrogens with two attached hydrogens (primary N) is 1. The van der Waals surface area contributed by atoms with Crippen molar-refractivity contribution < 1.29 is 4.74 Å². The van der Waals surface area contributed by atoms with Gasteiger partial charge in [0, 0.05) is 20.2 Å². The van der Waals surface area contributed by atoms with Crippen LogP contribution in [0.2, 0.25) is 0 Å². The van der Waals surface area contributed by atoms with E-state index in [1.807, 2.05) is 19.2 Å². The molecule has 4 nitrogen and oxygen atoms in total. The Morgan fingerprint density at radius 2 is 2.24 bits per heavy atom. The van der Waals surface area contributed by atoms with Gasteiger partial charge in [0.05, 0.1) is 11.0 Å². The lowest BCUT2D eigenvalue weighted by atomic mass is 10.2. The van der Waals surface area contributed by atoms with Gasteiger partial charge in [-0.15, -0.1) is 0 Å². The molecule has 1 aromatic heterocycles. The molecule has 0 radical (unpaired) electrons. The fourth-order valence-corrected chi connectivity index (χ4v) is 1.86. The summed E-state index contributed by atoms with van der Waals surface area (Å²) in [6, 6.07) is 6.15. The second-order valence-electron chi connectivity index (χ2n) is 4.17. The Morgan fingerprint density at radius 3 is 2.94 bits per heavy atom. The van der Waals surface area contributed by atoms with E-state index in [0.29, 0.717) is 13.2 Å². The van der Waals surface area contributed by atoms with Gasteiger partial charge in [0.1, 0.15) is 12.4 Å². The molecule has 0 aliphatic rings. The van der Waals surface area contributed by atoms with E-state index in [1.165, 1.54) is 0 Å². The quantitative estimate of drug-likeness (QED) is 0.803. The lowest BCUT2D eigenvalue weighted by Gasteiger charge is -2.03. The van der Waals surface area contributed by atoms with Crippen LogP contribution in [-0.2, 0) is 24.9 Å². The van der Waals surface area contributed by atoms with Crippen molar-refractivity contribution in [1.29, 1.82) is 0 Å². The molecular weight excluding hydrogens is 214 g/mol. The van der Waals surface area contributed by atoms with Gasteiger partial charge in [-0.25, -0.2) is 4.98 Å². The van der Waals surface area contributed by atoms with Gasteiger partial charge < -0.3 is 15.0 Å². The molecule has 1 heterocycles. The Kier molecular flexibility index (Phi) is 3.76. The molecule has 0 bridgehead atoms. The van der Waals surface area contributed by atoms with Crippen LogP contribution in [-0.4, -0.2) is 16.2 Å². The minimum absolute atomic E-state index is 0.550. The van der Waals surface area contributed by atoms with Gasteiger partial charge >= 0.3 is 0 Å². The number of aromatic nitrogens is 2. The molecule has 92 valence electrons. The zero-order valence-corrected chi connectivity index (χ0v) is 10.4. The van der Waals surface area contributed by atoms with Gasteiger partial charge in [0.25, 0.3) is 0 Å². The molecule has 0 aliphatic heterocycles. The maximum Gasteiger partial charge on any atom is 0.135 e. The van der Waals surface area contributed by atoms with E-state index in [0.717, 1.165) is 35.4 Å². The highest BCUT2D eigenvalue weighted by molar-refractivity contribution is 5.76. The van der Waals surface area contributed by atoms with Gasteiger partial charge in [-0.3, -0.25) is 0 Å². The molecule has 17 heavy (non-hydrogen) atoms. The molecule has 0 spiro atoms. The van der Waals surface area contributed by atoms with Crippen LogP contribution in [0.3, 0.4) is 0 Å². The largest absolute Gasteiger partial charge is 0.374 e. The van der Waals surface area contributed by atoms with Crippen LogP contribution in [0, 0.1) is 0 Å². The fourth-order valence-electron chi connectivity index (χ4n) is 1.86. The third-order valence-corrected chi connectivity index (χ3v) is 2.85. The van der Waals surface area contributed by atoms with Crippen LogP contribution >= 0.6 is 0 Å². The average Bonchev–Trinajstić information content (AvgIpc) is 2.66. The third kappa shape index (κ3) is 2.48. The molecule has 0 aliphatic carbocycles. The second-order valence-corrected chi connectivity index (χ2v) is 4.17. The first-order valence-corrected chi connectivity index (χ1v) is 5.98. The number of nitrogens with zero attached hydrogens (tertiary/aromatic N) is 2. The SMILES string of the molecule is CCCOCc1nc2cc(CN)ccc2n1C. The zero-order valence-electron chi connectivity index (χ0n) is 10.4. The molecule has 0 atom stereocenters. The van der Waals surface area contributed by atoms with Crippen molar-refractivity contribution in [2.45, 2.75) is 26.5 Å². The summed E-state index contributed by atoms with van der Waals surface area (Å²) >= 11 is 0. The summed E-state index contributed by atoms with van der Waals surface area (Å²) in [7, 11) is 2.02. The van der Waals surface area contributed by atoms with Crippen LogP contribution in [0.5, 0.6) is 0 Å². The summed E-state index contributed by atoms with van der Waals surface area (Å²) in [5, 5.41) is 0. The summed E-state index contributed by atoms with van der Waals surface area (Å²) in [5.41, 5.74) is 8.85. The summed E-state index contributed by atoms with van der Waals surface area (Å²) in [5.74, 6) is 0.961. The number of imidazole rings is 1. The molecule has 2 aromatic rings. The van der Waals surface area contributed by atoms with Crippen molar-refractivity contribution >= 4 is 11.0 Å². The molecule has 0 fully saturated rings. The number of aryl methyl sites for hydroxylation is 1. The Balaban J connectivity index is 2.28. The maximum absolute atomic E-state index is 5.62. The van der Waals surface area contributed by atoms with Gasteiger partial charge in [-0.1, -0.05) is 13.0 Å². The molecule has 0 amide bonds. The van der Waals surface area contributed by atoms with Crippen LogP contribution in [0.4, 0.5) is 0 Å². The third-order valence-electron chi connectivity index (χ3n) is 2.85. The maximum atomic E-state index is 5.62. The molecule has 2 N–H and O–H groups in total. The number of hydrogen-bond acceptors (Lipinski definition) is 3. The molecule has 0 saturated heterocycles. The van der Waals surface area contributed by atoms with E-state index >= 15 is 0 Å². The molecule has 2 rings (SSSR count). The second kappa shape index (κ2) is 5.29. The molecule has 0 unspecified atom stereocenters. The van der Waals surface area contributed by atoms with E-state index in [9.17, 15) is 0 Å². The summed E-state index contributed by atoms with van der Waals surface area (Å²) < 4.78 is 7.60. The smallest absolute Gasteiger partial charge is 0.135 e. The van der Waals surface area contributed by atoms with E-state index in [1.54, 1.807) is 0 Å². The number of rotatable bonds is 5. The topological polar surface area (TPSA) is 53.1 Å². The number of benzene rings is 1.